The van der Waals surface area contributed by atoms with Crippen LogP contribution in [0.5, 0.6) is 0 Å². The predicted molar refractivity (Wildman–Crippen MR) is 66.7 cm³/mol. The smallest absolute Gasteiger partial charge is 0.397 e. The van der Waals surface area contributed by atoms with E-state index < -0.39 is 21.6 Å². The van der Waals surface area contributed by atoms with E-state index in [1.807, 2.05) is 0 Å². The topological polar surface area (TPSA) is 63.4 Å². The molecule has 8 heteroatoms. The van der Waals surface area contributed by atoms with Crippen molar-refractivity contribution in [3.8, 4) is 0 Å². The number of nitrogens with zero attached hydrogens (tertiary/aromatic N) is 1. The zero-order valence-corrected chi connectivity index (χ0v) is 10.8. The van der Waals surface area contributed by atoms with Crippen LogP contribution in [0.4, 0.5) is 24.5 Å². The Labute approximate surface area is 108 Å². The Morgan fingerprint density at radius 1 is 1.16 bits per heavy atom. The van der Waals surface area contributed by atoms with Gasteiger partial charge in [0.25, 0.3) is 0 Å². The highest BCUT2D eigenvalue weighted by Gasteiger charge is 2.31. The Hall–Kier alpha value is -1.44. The molecule has 1 aromatic carbocycles. The van der Waals surface area contributed by atoms with E-state index in [-0.39, 0.29) is 30.3 Å². The molecule has 1 heterocycles. The van der Waals surface area contributed by atoms with Crippen molar-refractivity contribution in [1.82, 2.24) is 0 Å². The maximum Gasteiger partial charge on any atom is 0.416 e. The van der Waals surface area contributed by atoms with Crippen molar-refractivity contribution in [2.75, 3.05) is 35.2 Å². The van der Waals surface area contributed by atoms with Crippen LogP contribution in [0, 0.1) is 0 Å². The van der Waals surface area contributed by atoms with Crippen LogP contribution in [0.3, 0.4) is 0 Å². The number of hydrogen-bond donors (Lipinski definition) is 1. The Balaban J connectivity index is 2.23. The summed E-state index contributed by atoms with van der Waals surface area (Å²) in [6.07, 6.45) is -4.43. The molecular weight excluding hydrogens is 281 g/mol. The van der Waals surface area contributed by atoms with E-state index in [1.165, 1.54) is 6.07 Å². The van der Waals surface area contributed by atoms with Crippen molar-refractivity contribution >= 4 is 21.2 Å². The van der Waals surface area contributed by atoms with E-state index in [0.29, 0.717) is 5.69 Å². The zero-order valence-electron chi connectivity index (χ0n) is 9.94. The van der Waals surface area contributed by atoms with Crippen molar-refractivity contribution in [2.24, 2.45) is 0 Å². The van der Waals surface area contributed by atoms with Gasteiger partial charge in [-0.2, -0.15) is 13.2 Å². The summed E-state index contributed by atoms with van der Waals surface area (Å²) in [5.41, 5.74) is 5.27. The second kappa shape index (κ2) is 4.59. The second-order valence-corrected chi connectivity index (χ2v) is 6.71. The van der Waals surface area contributed by atoms with Gasteiger partial charge in [-0.25, -0.2) is 8.42 Å². The summed E-state index contributed by atoms with van der Waals surface area (Å²) in [5.74, 6) is -0.0130. The highest BCUT2D eigenvalue weighted by molar-refractivity contribution is 7.91. The maximum absolute atomic E-state index is 12.5. The fraction of sp³-hybridized carbons (Fsp3) is 0.455. The number of alkyl halides is 3. The third-order valence-corrected chi connectivity index (χ3v) is 4.65. The van der Waals surface area contributed by atoms with Crippen molar-refractivity contribution in [3.05, 3.63) is 23.8 Å². The molecular formula is C11H13F3N2O2S. The van der Waals surface area contributed by atoms with Crippen LogP contribution in [0.1, 0.15) is 5.56 Å². The molecule has 1 aromatic rings. The van der Waals surface area contributed by atoms with Gasteiger partial charge in [-0.15, -0.1) is 0 Å². The van der Waals surface area contributed by atoms with Crippen LogP contribution in [0.2, 0.25) is 0 Å². The number of benzene rings is 1. The first kappa shape index (κ1) is 14.0. The first-order chi connectivity index (χ1) is 8.69. The van der Waals surface area contributed by atoms with Gasteiger partial charge in [-0.05, 0) is 18.2 Å². The molecule has 1 fully saturated rings. The molecule has 2 rings (SSSR count). The van der Waals surface area contributed by atoms with Crippen LogP contribution in [-0.2, 0) is 16.0 Å². The lowest BCUT2D eigenvalue weighted by Gasteiger charge is -2.30. The van der Waals surface area contributed by atoms with Gasteiger partial charge in [0.1, 0.15) is 0 Å². The van der Waals surface area contributed by atoms with E-state index in [4.69, 9.17) is 5.73 Å². The second-order valence-electron chi connectivity index (χ2n) is 4.41. The summed E-state index contributed by atoms with van der Waals surface area (Å²) in [5, 5.41) is 0. The molecule has 0 aliphatic carbocycles. The van der Waals surface area contributed by atoms with E-state index in [9.17, 15) is 21.6 Å². The zero-order chi connectivity index (χ0) is 14.3. The number of nitrogens with two attached hydrogens (primary N) is 1. The quantitative estimate of drug-likeness (QED) is 0.798. The van der Waals surface area contributed by atoms with Crippen molar-refractivity contribution in [2.45, 2.75) is 6.18 Å². The number of anilines is 2. The Bertz CT molecular complexity index is 570. The Morgan fingerprint density at radius 2 is 1.74 bits per heavy atom. The number of hydrogen-bond acceptors (Lipinski definition) is 4. The average Bonchev–Trinajstić information content (AvgIpc) is 2.28. The number of sulfone groups is 1. The predicted octanol–water partition coefficient (Wildman–Crippen LogP) is 1.52. The molecule has 106 valence electrons. The molecule has 19 heavy (non-hydrogen) atoms. The first-order valence-electron chi connectivity index (χ1n) is 5.61. The molecule has 2 N–H and O–H groups in total. The summed E-state index contributed by atoms with van der Waals surface area (Å²) >= 11 is 0. The lowest BCUT2D eigenvalue weighted by atomic mass is 10.1. The van der Waals surface area contributed by atoms with E-state index in [0.717, 1.165) is 12.1 Å². The molecule has 0 spiro atoms. The van der Waals surface area contributed by atoms with Gasteiger partial charge in [0, 0.05) is 13.1 Å². The van der Waals surface area contributed by atoms with Crippen LogP contribution in [-0.4, -0.2) is 33.0 Å². The highest BCUT2D eigenvalue weighted by Crippen LogP contribution is 2.34. The lowest BCUT2D eigenvalue weighted by Crippen LogP contribution is -2.40. The Kier molecular flexibility index (Phi) is 3.38. The summed E-state index contributed by atoms with van der Waals surface area (Å²) in [7, 11) is -3.03. The molecule has 0 unspecified atom stereocenters. The normalized spacial score (nSPS) is 19.4. The van der Waals surface area contributed by atoms with Crippen LogP contribution in [0.15, 0.2) is 18.2 Å². The lowest BCUT2D eigenvalue weighted by molar-refractivity contribution is -0.137. The van der Waals surface area contributed by atoms with Crippen LogP contribution < -0.4 is 10.6 Å². The van der Waals surface area contributed by atoms with Crippen LogP contribution >= 0.6 is 0 Å². The minimum Gasteiger partial charge on any atom is -0.397 e. The van der Waals surface area contributed by atoms with Crippen LogP contribution in [0.25, 0.3) is 0 Å². The van der Waals surface area contributed by atoms with Gasteiger partial charge < -0.3 is 10.6 Å². The van der Waals surface area contributed by atoms with Gasteiger partial charge in [0.15, 0.2) is 9.84 Å². The summed E-state index contributed by atoms with van der Waals surface area (Å²) in [6.45, 7) is 0.496. The highest BCUT2D eigenvalue weighted by atomic mass is 32.2. The molecule has 0 atom stereocenters. The average molecular weight is 294 g/mol. The van der Waals surface area contributed by atoms with Gasteiger partial charge >= 0.3 is 6.18 Å². The minimum atomic E-state index is -4.43. The van der Waals surface area contributed by atoms with Gasteiger partial charge in [0.05, 0.1) is 28.4 Å². The molecule has 0 radical (unpaired) electrons. The number of halogens is 3. The molecule has 4 nitrogen and oxygen atoms in total. The number of rotatable bonds is 1. The van der Waals surface area contributed by atoms with Crippen molar-refractivity contribution < 1.29 is 21.6 Å². The monoisotopic (exact) mass is 294 g/mol. The van der Waals surface area contributed by atoms with E-state index in [2.05, 4.69) is 0 Å². The summed E-state index contributed by atoms with van der Waals surface area (Å²) in [4.78, 5) is 1.69. The standard InChI is InChI=1S/C11H13F3N2O2S/c12-11(13,14)8-1-2-10(9(15)7-8)16-3-5-19(17,18)6-4-16/h1-2,7H,3-6,15H2. The van der Waals surface area contributed by atoms with Gasteiger partial charge in [-0.3, -0.25) is 0 Å². The van der Waals surface area contributed by atoms with Crippen molar-refractivity contribution in [3.63, 3.8) is 0 Å². The first-order valence-corrected chi connectivity index (χ1v) is 7.43. The summed E-state index contributed by atoms with van der Waals surface area (Å²) in [6, 6.07) is 3.11. The molecule has 0 amide bonds. The SMILES string of the molecule is Nc1cc(C(F)(F)F)ccc1N1CCS(=O)(=O)CC1. The summed E-state index contributed by atoms with van der Waals surface area (Å²) < 4.78 is 60.1. The molecule has 0 bridgehead atoms. The van der Waals surface area contributed by atoms with Crippen molar-refractivity contribution in [1.29, 1.82) is 0 Å². The van der Waals surface area contributed by atoms with E-state index in [1.54, 1.807) is 4.90 Å². The van der Waals surface area contributed by atoms with Gasteiger partial charge in [0.2, 0.25) is 0 Å². The van der Waals surface area contributed by atoms with Gasteiger partial charge in [-0.1, -0.05) is 0 Å². The molecule has 1 aliphatic rings. The minimum absolute atomic E-state index is 0.00649. The maximum atomic E-state index is 12.5. The number of nitrogen functional groups attached to an aromatic ring is 1. The third-order valence-electron chi connectivity index (χ3n) is 3.04. The molecule has 1 saturated heterocycles. The third kappa shape index (κ3) is 3.12. The fourth-order valence-corrected chi connectivity index (χ4v) is 3.17. The largest absolute Gasteiger partial charge is 0.416 e. The molecule has 0 saturated carbocycles. The molecule has 1 aliphatic heterocycles. The fourth-order valence-electron chi connectivity index (χ4n) is 1.97. The Morgan fingerprint density at radius 3 is 2.21 bits per heavy atom. The molecule has 0 aromatic heterocycles. The van der Waals surface area contributed by atoms with E-state index >= 15 is 0 Å².